The minimum atomic E-state index is -0.205. The van der Waals surface area contributed by atoms with Gasteiger partial charge in [0.15, 0.2) is 0 Å². The minimum Gasteiger partial charge on any atom is -0.354 e. The zero-order chi connectivity index (χ0) is 22.3. The van der Waals surface area contributed by atoms with Gasteiger partial charge in [0, 0.05) is 62.0 Å². The van der Waals surface area contributed by atoms with Crippen LogP contribution in [0.15, 0.2) is 73.1 Å². The number of rotatable bonds is 8. The van der Waals surface area contributed by atoms with Crippen LogP contribution in [0, 0.1) is 5.82 Å². The van der Waals surface area contributed by atoms with Gasteiger partial charge in [-0.2, -0.15) is 0 Å². The third kappa shape index (κ3) is 6.44. The number of hydrogen-bond acceptors (Lipinski definition) is 2. The lowest BCUT2D eigenvalue weighted by molar-refractivity contribution is -0.122. The van der Waals surface area contributed by atoms with Gasteiger partial charge in [-0.15, -0.1) is 0 Å². The van der Waals surface area contributed by atoms with Crippen molar-refractivity contribution in [3.05, 3.63) is 95.0 Å². The van der Waals surface area contributed by atoms with Crippen molar-refractivity contribution < 1.29 is 9.18 Å². The van der Waals surface area contributed by atoms with Crippen LogP contribution in [0.2, 0.25) is 5.02 Å². The summed E-state index contributed by atoms with van der Waals surface area (Å²) in [5, 5.41) is 3.95. The molecule has 1 amide bonds. The third-order valence-corrected chi connectivity index (χ3v) is 6.39. The lowest BCUT2D eigenvalue weighted by Crippen LogP contribution is -2.44. The molecule has 6 heteroatoms. The molecular formula is C26H29ClFN3O. The number of halogens is 2. The number of amides is 1. The highest BCUT2D eigenvalue weighted by Crippen LogP contribution is 2.24. The second kappa shape index (κ2) is 10.8. The van der Waals surface area contributed by atoms with Crippen LogP contribution in [-0.2, 0) is 17.9 Å². The lowest BCUT2D eigenvalue weighted by Gasteiger charge is -2.32. The molecule has 2 heterocycles. The summed E-state index contributed by atoms with van der Waals surface area (Å²) in [4.78, 5) is 15.3. The summed E-state index contributed by atoms with van der Waals surface area (Å²) < 4.78 is 15.2. The number of nitrogens with zero attached hydrogens (tertiary/aromatic N) is 2. The highest BCUT2D eigenvalue weighted by molar-refractivity contribution is 6.30. The number of carbonyl (C=O) groups is 1. The molecule has 1 atom stereocenters. The van der Waals surface area contributed by atoms with Crippen LogP contribution in [0.3, 0.4) is 0 Å². The average molecular weight is 454 g/mol. The van der Waals surface area contributed by atoms with Gasteiger partial charge >= 0.3 is 0 Å². The van der Waals surface area contributed by atoms with E-state index in [0.29, 0.717) is 11.4 Å². The number of piperidine rings is 1. The second-order valence-electron chi connectivity index (χ2n) is 8.58. The Bertz CT molecular complexity index is 981. The van der Waals surface area contributed by atoms with Crippen molar-refractivity contribution in [1.82, 2.24) is 14.8 Å². The first-order valence-electron chi connectivity index (χ1n) is 11.2. The Hall–Kier alpha value is -2.63. The average Bonchev–Trinajstić information content (AvgIpc) is 3.30. The summed E-state index contributed by atoms with van der Waals surface area (Å²) in [6.45, 7) is 3.41. The molecular weight excluding hydrogens is 425 g/mol. The first-order chi connectivity index (χ1) is 15.5. The first-order valence-corrected chi connectivity index (χ1v) is 11.6. The summed E-state index contributed by atoms with van der Waals surface area (Å²) in [5.74, 6) is -0.0313. The number of aromatic nitrogens is 1. The van der Waals surface area contributed by atoms with Gasteiger partial charge in [0.2, 0.25) is 5.91 Å². The predicted molar refractivity (Wildman–Crippen MR) is 126 cm³/mol. The zero-order valence-corrected chi connectivity index (χ0v) is 18.8. The van der Waals surface area contributed by atoms with E-state index in [0.717, 1.165) is 50.1 Å². The smallest absolute Gasteiger partial charge is 0.220 e. The number of likely N-dealkylation sites (tertiary alicyclic amines) is 1. The fourth-order valence-electron chi connectivity index (χ4n) is 4.36. The van der Waals surface area contributed by atoms with Gasteiger partial charge in [0.05, 0.1) is 0 Å². The van der Waals surface area contributed by atoms with E-state index in [1.165, 1.54) is 12.1 Å². The molecule has 0 bridgehead atoms. The van der Waals surface area contributed by atoms with Crippen molar-refractivity contribution >= 4 is 17.5 Å². The van der Waals surface area contributed by atoms with Crippen LogP contribution < -0.4 is 5.32 Å². The van der Waals surface area contributed by atoms with E-state index < -0.39 is 0 Å². The molecule has 1 aliphatic heterocycles. The van der Waals surface area contributed by atoms with Gasteiger partial charge < -0.3 is 9.88 Å². The van der Waals surface area contributed by atoms with Crippen molar-refractivity contribution in [2.24, 2.45) is 0 Å². The Morgan fingerprint density at radius 2 is 1.69 bits per heavy atom. The van der Waals surface area contributed by atoms with Crippen molar-refractivity contribution in [2.75, 3.05) is 13.1 Å². The minimum absolute atomic E-state index is 0.0817. The number of hydrogen-bond donors (Lipinski definition) is 1. The maximum absolute atomic E-state index is 13.1. The Morgan fingerprint density at radius 1 is 1.03 bits per heavy atom. The summed E-state index contributed by atoms with van der Waals surface area (Å²) in [6, 6.07) is 18.7. The van der Waals surface area contributed by atoms with E-state index in [1.807, 2.05) is 60.9 Å². The zero-order valence-electron chi connectivity index (χ0n) is 18.1. The monoisotopic (exact) mass is 453 g/mol. The third-order valence-electron chi connectivity index (χ3n) is 6.14. The maximum atomic E-state index is 13.1. The fourth-order valence-corrected chi connectivity index (χ4v) is 4.49. The molecule has 4 nitrogen and oxygen atoms in total. The van der Waals surface area contributed by atoms with E-state index >= 15 is 0 Å². The molecule has 1 fully saturated rings. The Balaban J connectivity index is 1.29. The molecule has 2 aromatic carbocycles. The second-order valence-corrected chi connectivity index (χ2v) is 9.01. The van der Waals surface area contributed by atoms with Crippen LogP contribution in [0.5, 0.6) is 0 Å². The quantitative estimate of drug-likeness (QED) is 0.506. The number of benzene rings is 2. The Morgan fingerprint density at radius 3 is 2.34 bits per heavy atom. The van der Waals surface area contributed by atoms with E-state index in [9.17, 15) is 9.18 Å². The highest BCUT2D eigenvalue weighted by Gasteiger charge is 2.23. The van der Waals surface area contributed by atoms with Crippen LogP contribution in [0.4, 0.5) is 4.39 Å². The van der Waals surface area contributed by atoms with Gasteiger partial charge in [0.1, 0.15) is 5.82 Å². The van der Waals surface area contributed by atoms with Crippen LogP contribution >= 0.6 is 11.6 Å². The topological polar surface area (TPSA) is 37.3 Å². The van der Waals surface area contributed by atoms with Crippen LogP contribution in [0.1, 0.15) is 36.3 Å². The van der Waals surface area contributed by atoms with Crippen molar-refractivity contribution in [3.8, 4) is 0 Å². The molecule has 1 N–H and O–H groups in total. The van der Waals surface area contributed by atoms with Gasteiger partial charge in [0.25, 0.3) is 0 Å². The molecule has 32 heavy (non-hydrogen) atoms. The molecule has 0 unspecified atom stereocenters. The SMILES string of the molecule is O=C(C[C@@H](Cn1cccc1)c1ccc(Cl)cc1)NC1CCN(Cc2ccc(F)cc2)CC1. The first kappa shape index (κ1) is 22.6. The molecule has 0 saturated carbocycles. The van der Waals surface area contributed by atoms with Crippen LogP contribution in [0.25, 0.3) is 0 Å². The predicted octanol–water partition coefficient (Wildman–Crippen LogP) is 5.24. The van der Waals surface area contributed by atoms with E-state index in [1.54, 1.807) is 0 Å². The fraction of sp³-hybridized carbons (Fsp3) is 0.346. The summed E-state index contributed by atoms with van der Waals surface area (Å²) in [6.07, 6.45) is 6.34. The number of carbonyl (C=O) groups excluding carboxylic acids is 1. The summed E-state index contributed by atoms with van der Waals surface area (Å²) in [7, 11) is 0. The maximum Gasteiger partial charge on any atom is 0.220 e. The molecule has 0 radical (unpaired) electrons. The van der Waals surface area contributed by atoms with Gasteiger partial charge in [-0.05, 0) is 60.4 Å². The molecule has 4 rings (SSSR count). The van der Waals surface area contributed by atoms with Gasteiger partial charge in [-0.1, -0.05) is 35.9 Å². The molecule has 0 spiro atoms. The largest absolute Gasteiger partial charge is 0.354 e. The van der Waals surface area contributed by atoms with E-state index in [4.69, 9.17) is 11.6 Å². The molecule has 3 aromatic rings. The Labute approximate surface area is 194 Å². The van der Waals surface area contributed by atoms with Crippen molar-refractivity contribution in [1.29, 1.82) is 0 Å². The highest BCUT2D eigenvalue weighted by atomic mass is 35.5. The lowest BCUT2D eigenvalue weighted by atomic mass is 9.94. The van der Waals surface area contributed by atoms with Crippen molar-refractivity contribution in [3.63, 3.8) is 0 Å². The van der Waals surface area contributed by atoms with Crippen molar-refractivity contribution in [2.45, 2.75) is 44.3 Å². The standard InChI is InChI=1S/C26H29ClFN3O/c27-23-7-5-21(6-8-23)22(19-30-13-1-2-14-30)17-26(32)29-25-11-15-31(16-12-25)18-20-3-9-24(28)10-4-20/h1-10,13-14,22,25H,11-12,15-19H2,(H,29,32)/t22-/m0/s1. The molecule has 1 saturated heterocycles. The number of nitrogens with one attached hydrogen (secondary N) is 1. The molecule has 168 valence electrons. The molecule has 1 aliphatic rings. The van der Waals surface area contributed by atoms with Gasteiger partial charge in [-0.3, -0.25) is 9.69 Å². The normalized spacial score (nSPS) is 16.1. The molecule has 1 aromatic heterocycles. The summed E-state index contributed by atoms with van der Waals surface area (Å²) >= 11 is 6.06. The van der Waals surface area contributed by atoms with Crippen LogP contribution in [-0.4, -0.2) is 34.5 Å². The van der Waals surface area contributed by atoms with Gasteiger partial charge in [-0.25, -0.2) is 4.39 Å². The Kier molecular flexibility index (Phi) is 7.61. The van der Waals surface area contributed by atoms with E-state index in [2.05, 4.69) is 14.8 Å². The molecule has 0 aliphatic carbocycles. The van der Waals surface area contributed by atoms with E-state index in [-0.39, 0.29) is 23.7 Å². The summed E-state index contributed by atoms with van der Waals surface area (Å²) in [5.41, 5.74) is 2.23.